The average Bonchev–Trinajstić information content (AvgIpc) is 2.47. The molecule has 0 amide bonds. The molecule has 2 heteroatoms. The largest absolute Gasteiger partial charge is 0.388 e. The average molecular weight is 297 g/mol. The first-order chi connectivity index (χ1) is 10.5. The lowest BCUT2D eigenvalue weighted by atomic mass is 9.99. The van der Waals surface area contributed by atoms with Gasteiger partial charge in [0.25, 0.3) is 0 Å². The first-order valence-electron chi connectivity index (χ1n) is 7.79. The summed E-state index contributed by atoms with van der Waals surface area (Å²) in [5.74, 6) is 0.833. The Kier molecular flexibility index (Phi) is 7.38. The quantitative estimate of drug-likeness (QED) is 0.795. The number of aryl methyl sites for hydroxylation is 1. The van der Waals surface area contributed by atoms with Crippen molar-refractivity contribution in [2.45, 2.75) is 34.1 Å². The maximum Gasteiger partial charge on any atom is 0.124 e. The summed E-state index contributed by atoms with van der Waals surface area (Å²) in [6, 6.07) is 14.6. The van der Waals surface area contributed by atoms with Gasteiger partial charge in [0.1, 0.15) is 6.29 Å². The van der Waals surface area contributed by atoms with Crippen LogP contribution < -0.4 is 5.32 Å². The Morgan fingerprint density at radius 3 is 2.23 bits per heavy atom. The van der Waals surface area contributed by atoms with E-state index in [9.17, 15) is 4.79 Å². The van der Waals surface area contributed by atoms with Crippen LogP contribution in [-0.2, 0) is 11.2 Å². The summed E-state index contributed by atoms with van der Waals surface area (Å²) in [7, 11) is 1.87. The minimum Gasteiger partial charge on any atom is -0.388 e. The number of nitrogens with one attached hydrogen (secondary N) is 1. The highest BCUT2D eigenvalue weighted by molar-refractivity contribution is 5.71. The van der Waals surface area contributed by atoms with Gasteiger partial charge in [-0.1, -0.05) is 56.7 Å². The molecule has 0 unspecified atom stereocenters. The smallest absolute Gasteiger partial charge is 0.124 e. The highest BCUT2D eigenvalue weighted by atomic mass is 16.1. The van der Waals surface area contributed by atoms with Crippen LogP contribution in [0.4, 0.5) is 5.69 Å². The summed E-state index contributed by atoms with van der Waals surface area (Å²) in [4.78, 5) is 10.7. The van der Waals surface area contributed by atoms with Gasteiger partial charge in [-0.25, -0.2) is 0 Å². The second-order valence-corrected chi connectivity index (χ2v) is 6.09. The van der Waals surface area contributed by atoms with Crippen molar-refractivity contribution in [2.24, 2.45) is 5.92 Å². The summed E-state index contributed by atoms with van der Waals surface area (Å²) < 4.78 is 0. The number of carbonyl (C=O) groups excluding carboxylic acids is 1. The molecule has 0 fully saturated rings. The second-order valence-electron chi connectivity index (χ2n) is 6.09. The molecule has 0 atom stereocenters. The van der Waals surface area contributed by atoms with Crippen molar-refractivity contribution in [3.8, 4) is 11.1 Å². The van der Waals surface area contributed by atoms with E-state index in [0.717, 1.165) is 29.0 Å². The predicted molar refractivity (Wildman–Crippen MR) is 96.4 cm³/mol. The van der Waals surface area contributed by atoms with E-state index in [-0.39, 0.29) is 0 Å². The molecular formula is C20H27NO. The number of hydrogen-bond donors (Lipinski definition) is 1. The van der Waals surface area contributed by atoms with Gasteiger partial charge >= 0.3 is 0 Å². The third-order valence-corrected chi connectivity index (χ3v) is 3.03. The summed E-state index contributed by atoms with van der Waals surface area (Å²) in [6.07, 6.45) is 1.38. The lowest BCUT2D eigenvalue weighted by Crippen LogP contribution is -1.96. The number of carbonyl (C=O) groups is 1. The first kappa shape index (κ1) is 18.0. The highest BCUT2D eigenvalue weighted by Crippen LogP contribution is 2.25. The monoisotopic (exact) mass is 297 g/mol. The van der Waals surface area contributed by atoms with Crippen molar-refractivity contribution in [2.75, 3.05) is 12.4 Å². The fraction of sp³-hybridized carbons (Fsp3) is 0.350. The first-order valence-corrected chi connectivity index (χ1v) is 7.79. The normalized spacial score (nSPS) is 9.91. The van der Waals surface area contributed by atoms with E-state index >= 15 is 0 Å². The predicted octanol–water partition coefficient (Wildman–Crippen LogP) is 5.11. The lowest BCUT2D eigenvalue weighted by Gasteiger charge is -2.10. The molecule has 0 heterocycles. The molecule has 2 aromatic rings. The van der Waals surface area contributed by atoms with Crippen molar-refractivity contribution >= 4 is 12.0 Å². The van der Waals surface area contributed by atoms with Crippen molar-refractivity contribution in [1.82, 2.24) is 0 Å². The Labute approximate surface area is 134 Å². The van der Waals surface area contributed by atoms with Crippen LogP contribution in [0.3, 0.4) is 0 Å². The molecule has 0 aliphatic rings. The van der Waals surface area contributed by atoms with Crippen molar-refractivity contribution in [3.63, 3.8) is 0 Å². The zero-order valence-electron chi connectivity index (χ0n) is 14.3. The number of benzene rings is 2. The molecule has 22 heavy (non-hydrogen) atoms. The zero-order chi connectivity index (χ0) is 16.5. The van der Waals surface area contributed by atoms with Gasteiger partial charge in [-0.15, -0.1) is 0 Å². The van der Waals surface area contributed by atoms with Crippen molar-refractivity contribution in [1.29, 1.82) is 0 Å². The lowest BCUT2D eigenvalue weighted by molar-refractivity contribution is -0.107. The highest BCUT2D eigenvalue weighted by Gasteiger charge is 2.04. The number of anilines is 1. The van der Waals surface area contributed by atoms with Crippen LogP contribution in [0, 0.1) is 12.8 Å². The van der Waals surface area contributed by atoms with Crippen LogP contribution in [0.25, 0.3) is 11.1 Å². The van der Waals surface area contributed by atoms with Crippen LogP contribution in [0.15, 0.2) is 42.5 Å². The van der Waals surface area contributed by atoms with E-state index in [0.29, 0.717) is 6.42 Å². The number of aldehydes is 1. The minimum absolute atomic E-state index is 0.440. The van der Waals surface area contributed by atoms with Gasteiger partial charge in [-0.05, 0) is 41.7 Å². The summed E-state index contributed by atoms with van der Waals surface area (Å²) in [6.45, 7) is 8.58. The van der Waals surface area contributed by atoms with Gasteiger partial charge in [0.15, 0.2) is 0 Å². The van der Waals surface area contributed by atoms with Gasteiger partial charge < -0.3 is 10.1 Å². The molecule has 0 aromatic heterocycles. The van der Waals surface area contributed by atoms with Crippen LogP contribution in [0.5, 0.6) is 0 Å². The van der Waals surface area contributed by atoms with Gasteiger partial charge in [-0.2, -0.15) is 0 Å². The van der Waals surface area contributed by atoms with E-state index < -0.39 is 0 Å². The maximum atomic E-state index is 10.7. The fourth-order valence-electron chi connectivity index (χ4n) is 2.10. The molecule has 0 aliphatic heterocycles. The van der Waals surface area contributed by atoms with Crippen LogP contribution in [-0.4, -0.2) is 13.3 Å². The van der Waals surface area contributed by atoms with E-state index in [1.54, 1.807) is 0 Å². The van der Waals surface area contributed by atoms with Crippen LogP contribution in [0.1, 0.15) is 31.9 Å². The maximum absolute atomic E-state index is 10.7. The standard InChI is InChI=1S/C16H17NO.C4H10/c1-12-4-3-5-13(10-12)14-6-7-16(17-2)15(11-14)8-9-18;1-4(2)3/h3-7,9-11,17H,8H2,1-2H3;4H,1-3H3. The summed E-state index contributed by atoms with van der Waals surface area (Å²) in [5.41, 5.74) is 5.62. The van der Waals surface area contributed by atoms with Crippen LogP contribution in [0.2, 0.25) is 0 Å². The minimum atomic E-state index is 0.440. The molecule has 0 bridgehead atoms. The van der Waals surface area contributed by atoms with Gasteiger partial charge in [0.05, 0.1) is 0 Å². The van der Waals surface area contributed by atoms with E-state index in [4.69, 9.17) is 0 Å². The topological polar surface area (TPSA) is 29.1 Å². The third-order valence-electron chi connectivity index (χ3n) is 3.03. The Bertz CT molecular complexity index is 600. The Morgan fingerprint density at radius 2 is 1.68 bits per heavy atom. The van der Waals surface area contributed by atoms with Crippen LogP contribution >= 0.6 is 0 Å². The number of rotatable bonds is 4. The zero-order valence-corrected chi connectivity index (χ0v) is 14.3. The molecule has 0 aliphatic carbocycles. The molecule has 1 N–H and O–H groups in total. The second kappa shape index (κ2) is 9.04. The SMILES string of the molecule is CC(C)C.CNc1ccc(-c2cccc(C)c2)cc1CC=O. The molecule has 0 spiro atoms. The van der Waals surface area contributed by atoms with Gasteiger partial charge in [-0.3, -0.25) is 0 Å². The summed E-state index contributed by atoms with van der Waals surface area (Å²) in [5, 5.41) is 3.11. The molecule has 118 valence electrons. The summed E-state index contributed by atoms with van der Waals surface area (Å²) >= 11 is 0. The molecular weight excluding hydrogens is 270 g/mol. The molecule has 0 radical (unpaired) electrons. The van der Waals surface area contributed by atoms with Gasteiger partial charge in [0, 0.05) is 19.2 Å². The van der Waals surface area contributed by atoms with E-state index in [1.165, 1.54) is 11.1 Å². The Balaban J connectivity index is 0.000000541. The molecule has 2 aromatic carbocycles. The van der Waals surface area contributed by atoms with Crippen molar-refractivity contribution < 1.29 is 4.79 Å². The van der Waals surface area contributed by atoms with E-state index in [2.05, 4.69) is 69.4 Å². The molecule has 0 saturated carbocycles. The van der Waals surface area contributed by atoms with Crippen molar-refractivity contribution in [3.05, 3.63) is 53.6 Å². The number of hydrogen-bond acceptors (Lipinski definition) is 2. The van der Waals surface area contributed by atoms with E-state index in [1.807, 2.05) is 13.1 Å². The fourth-order valence-corrected chi connectivity index (χ4v) is 2.10. The van der Waals surface area contributed by atoms with Gasteiger partial charge in [0.2, 0.25) is 0 Å². The molecule has 2 rings (SSSR count). The third kappa shape index (κ3) is 5.72. The molecule has 0 saturated heterocycles. The molecule has 2 nitrogen and oxygen atoms in total. The Hall–Kier alpha value is -2.09. The Morgan fingerprint density at radius 1 is 1.05 bits per heavy atom.